The second-order valence-corrected chi connectivity index (χ2v) is 9.71. The fourth-order valence-corrected chi connectivity index (χ4v) is 5.72. The molecule has 3 aliphatic rings. The molecule has 158 valence electrons. The van der Waals surface area contributed by atoms with Crippen molar-refractivity contribution in [2.24, 2.45) is 0 Å². The van der Waals surface area contributed by atoms with E-state index in [0.717, 1.165) is 22.6 Å². The van der Waals surface area contributed by atoms with E-state index in [4.69, 9.17) is 9.47 Å². The maximum atomic E-state index is 11.0. The van der Waals surface area contributed by atoms with Crippen LogP contribution in [0, 0.1) is 0 Å². The van der Waals surface area contributed by atoms with Crippen molar-refractivity contribution in [2.75, 3.05) is 13.2 Å². The summed E-state index contributed by atoms with van der Waals surface area (Å²) < 4.78 is 11.3. The van der Waals surface area contributed by atoms with Gasteiger partial charge in [-0.3, -0.25) is 14.8 Å². The number of aromatic nitrogens is 2. The molecule has 0 aromatic carbocycles. The normalized spacial score (nSPS) is 24.8. The Hall–Kier alpha value is -1.23. The molecule has 3 fully saturated rings. The highest BCUT2D eigenvalue weighted by Gasteiger charge is 2.46. The Bertz CT molecular complexity index is 783. The van der Waals surface area contributed by atoms with Crippen LogP contribution < -0.4 is 0 Å². The topological polar surface area (TPSA) is 102 Å². The van der Waals surface area contributed by atoms with E-state index < -0.39 is 17.0 Å². The molecule has 2 aliphatic carbocycles. The predicted molar refractivity (Wildman–Crippen MR) is 109 cm³/mol. The minimum atomic E-state index is -0.783. The summed E-state index contributed by atoms with van der Waals surface area (Å²) in [6.45, 7) is 1.36. The van der Waals surface area contributed by atoms with Gasteiger partial charge in [0.2, 0.25) is 0 Å². The Balaban J connectivity index is 0.000000145. The summed E-state index contributed by atoms with van der Waals surface area (Å²) in [7, 11) is 0. The maximum absolute atomic E-state index is 11.0. The van der Waals surface area contributed by atoms with Crippen molar-refractivity contribution in [3.8, 4) is 0 Å². The van der Waals surface area contributed by atoms with Gasteiger partial charge in [0.1, 0.15) is 17.0 Å². The Morgan fingerprint density at radius 3 is 1.72 bits per heavy atom. The zero-order valence-corrected chi connectivity index (χ0v) is 17.8. The van der Waals surface area contributed by atoms with Crippen molar-refractivity contribution in [2.45, 2.75) is 68.4 Å². The molecule has 2 N–H and O–H groups in total. The van der Waals surface area contributed by atoms with Gasteiger partial charge in [0.25, 0.3) is 0 Å². The van der Waals surface area contributed by atoms with E-state index in [2.05, 4.69) is 9.97 Å². The van der Waals surface area contributed by atoms with Gasteiger partial charge in [-0.25, -0.2) is 0 Å². The third-order valence-electron chi connectivity index (χ3n) is 6.07. The van der Waals surface area contributed by atoms with E-state index in [1.807, 2.05) is 0 Å². The number of rotatable bonds is 2. The van der Waals surface area contributed by atoms with Crippen molar-refractivity contribution in [1.29, 1.82) is 0 Å². The minimum Gasteiger partial charge on any atom is -0.384 e. The molecule has 29 heavy (non-hydrogen) atoms. The number of hydrogen-bond donors (Lipinski definition) is 2. The largest absolute Gasteiger partial charge is 0.384 e. The highest BCUT2D eigenvalue weighted by Crippen LogP contribution is 2.45. The summed E-state index contributed by atoms with van der Waals surface area (Å²) in [5.74, 6) is -0.147. The lowest BCUT2D eigenvalue weighted by Gasteiger charge is -2.39. The smallest absolute Gasteiger partial charge is 0.168 e. The summed E-state index contributed by atoms with van der Waals surface area (Å²) in [4.78, 5) is 20.8. The Kier molecular flexibility index (Phi) is 6.15. The molecule has 2 aromatic heterocycles. The molecule has 0 unspecified atom stereocenters. The van der Waals surface area contributed by atoms with Gasteiger partial charge in [0, 0.05) is 38.1 Å². The lowest BCUT2D eigenvalue weighted by molar-refractivity contribution is -0.203. The van der Waals surface area contributed by atoms with Crippen LogP contribution in [0.3, 0.4) is 0 Å². The fourth-order valence-electron chi connectivity index (χ4n) is 4.16. The monoisotopic (exact) mass is 438 g/mol. The Morgan fingerprint density at radius 2 is 1.28 bits per heavy atom. The molecule has 3 heterocycles. The molecule has 1 aliphatic heterocycles. The van der Waals surface area contributed by atoms with Gasteiger partial charge in [-0.05, 0) is 25.7 Å². The van der Waals surface area contributed by atoms with Gasteiger partial charge >= 0.3 is 0 Å². The zero-order valence-electron chi connectivity index (χ0n) is 16.2. The van der Waals surface area contributed by atoms with Crippen molar-refractivity contribution in [1.82, 2.24) is 9.97 Å². The van der Waals surface area contributed by atoms with Gasteiger partial charge < -0.3 is 19.7 Å². The average Bonchev–Trinajstić information content (AvgIpc) is 3.51. The number of carbonyl (C=O) groups is 1. The predicted octanol–water partition coefficient (Wildman–Crippen LogP) is 3.12. The molecule has 1 spiro atoms. The summed E-state index contributed by atoms with van der Waals surface area (Å²) >= 11 is 2.97. The number of ketones is 1. The van der Waals surface area contributed by atoms with Gasteiger partial charge in [-0.2, -0.15) is 0 Å². The number of hydrogen-bond acceptors (Lipinski definition) is 9. The molecule has 5 rings (SSSR count). The van der Waals surface area contributed by atoms with Crippen LogP contribution in [0.25, 0.3) is 0 Å². The van der Waals surface area contributed by atoms with Crippen LogP contribution >= 0.6 is 22.7 Å². The van der Waals surface area contributed by atoms with Crippen molar-refractivity contribution >= 4 is 28.5 Å². The van der Waals surface area contributed by atoms with E-state index in [1.54, 1.807) is 23.4 Å². The molecule has 9 heteroatoms. The van der Waals surface area contributed by atoms with Crippen LogP contribution in [0.4, 0.5) is 0 Å². The average molecular weight is 439 g/mol. The van der Waals surface area contributed by atoms with Gasteiger partial charge in [0.05, 0.1) is 34.0 Å². The van der Waals surface area contributed by atoms with Crippen molar-refractivity contribution in [3.05, 3.63) is 33.2 Å². The SMILES string of the molecule is O=C1CCC(O)(c2cncs2)CC1.OC1(c2cncs2)CCC2(CC1)OCCO2. The molecular formula is C20H26N2O5S2. The summed E-state index contributed by atoms with van der Waals surface area (Å²) in [6, 6.07) is 0. The zero-order chi connectivity index (χ0) is 20.4. The molecular weight excluding hydrogens is 412 g/mol. The van der Waals surface area contributed by atoms with Crippen LogP contribution in [0.15, 0.2) is 23.4 Å². The van der Waals surface area contributed by atoms with E-state index in [0.29, 0.717) is 51.7 Å². The van der Waals surface area contributed by atoms with Crippen LogP contribution in [0.5, 0.6) is 0 Å². The van der Waals surface area contributed by atoms with Gasteiger partial charge in [-0.15, -0.1) is 22.7 Å². The minimum absolute atomic E-state index is 0.259. The lowest BCUT2D eigenvalue weighted by atomic mass is 9.80. The second-order valence-electron chi connectivity index (χ2n) is 7.94. The lowest BCUT2D eigenvalue weighted by Crippen LogP contribution is -2.41. The third kappa shape index (κ3) is 4.60. The molecule has 0 amide bonds. The standard InChI is InChI=1S/C11H15NO3S.C9H11NO2S/c13-10(9-7-12-8-16-9)1-3-11(4-2-10)14-5-6-15-11;11-7-1-3-9(12,4-2-7)8-5-10-6-13-8/h7-8,13H,1-6H2;5-6,12H,1-4H2. The fraction of sp³-hybridized carbons (Fsp3) is 0.650. The first kappa shape index (κ1) is 21.0. The van der Waals surface area contributed by atoms with Gasteiger partial charge in [0.15, 0.2) is 5.79 Å². The highest BCUT2D eigenvalue weighted by molar-refractivity contribution is 7.10. The van der Waals surface area contributed by atoms with E-state index in [9.17, 15) is 15.0 Å². The van der Waals surface area contributed by atoms with Crippen LogP contribution in [-0.4, -0.2) is 45.0 Å². The first-order chi connectivity index (χ1) is 13.9. The van der Waals surface area contributed by atoms with E-state index in [-0.39, 0.29) is 5.78 Å². The van der Waals surface area contributed by atoms with Gasteiger partial charge in [-0.1, -0.05) is 0 Å². The molecule has 1 saturated heterocycles. The number of Topliss-reactive ketones (excluding diaryl/α,β-unsaturated/α-hetero) is 1. The Labute approximate surface area is 177 Å². The molecule has 2 aromatic rings. The third-order valence-corrected chi connectivity index (χ3v) is 8.00. The number of ether oxygens (including phenoxy) is 2. The van der Waals surface area contributed by atoms with Crippen LogP contribution in [0.1, 0.15) is 61.1 Å². The van der Waals surface area contributed by atoms with Crippen LogP contribution in [0.2, 0.25) is 0 Å². The van der Waals surface area contributed by atoms with Crippen molar-refractivity contribution in [3.63, 3.8) is 0 Å². The summed E-state index contributed by atoms with van der Waals surface area (Å²) in [6.07, 6.45) is 8.46. The first-order valence-electron chi connectivity index (χ1n) is 9.96. The molecule has 7 nitrogen and oxygen atoms in total. The number of aliphatic hydroxyl groups is 2. The molecule has 2 saturated carbocycles. The summed E-state index contributed by atoms with van der Waals surface area (Å²) in [5, 5.41) is 20.7. The highest BCUT2D eigenvalue weighted by atomic mass is 32.1. The van der Waals surface area contributed by atoms with Crippen molar-refractivity contribution < 1.29 is 24.5 Å². The molecule has 0 bridgehead atoms. The summed E-state index contributed by atoms with van der Waals surface area (Å²) in [5.41, 5.74) is 1.97. The maximum Gasteiger partial charge on any atom is 0.168 e. The molecule has 0 atom stereocenters. The van der Waals surface area contributed by atoms with Crippen LogP contribution in [-0.2, 0) is 25.5 Å². The second kappa shape index (κ2) is 8.49. The number of thiazole rings is 2. The van der Waals surface area contributed by atoms with E-state index >= 15 is 0 Å². The molecule has 0 radical (unpaired) electrons. The number of nitrogens with zero attached hydrogens (tertiary/aromatic N) is 2. The first-order valence-corrected chi connectivity index (χ1v) is 11.7. The Morgan fingerprint density at radius 1 is 0.793 bits per heavy atom. The quantitative estimate of drug-likeness (QED) is 0.743. The number of carbonyl (C=O) groups excluding carboxylic acids is 1. The van der Waals surface area contributed by atoms with E-state index in [1.165, 1.54) is 22.7 Å².